The van der Waals surface area contributed by atoms with Crippen molar-refractivity contribution >= 4 is 11.6 Å². The molecule has 0 fully saturated rings. The van der Waals surface area contributed by atoms with Crippen molar-refractivity contribution in [2.24, 2.45) is 0 Å². The molecular formula is C16H18N2O2. The van der Waals surface area contributed by atoms with E-state index in [-0.39, 0.29) is 18.0 Å². The van der Waals surface area contributed by atoms with Gasteiger partial charge in [0.1, 0.15) is 6.54 Å². The highest BCUT2D eigenvalue weighted by Gasteiger charge is 2.07. The van der Waals surface area contributed by atoms with Crippen LogP contribution < -0.4 is 10.9 Å². The number of pyridine rings is 1. The Balaban J connectivity index is 2.13. The molecule has 0 aliphatic carbocycles. The topological polar surface area (TPSA) is 51.1 Å². The lowest BCUT2D eigenvalue weighted by atomic mass is 10.1. The molecule has 0 saturated carbocycles. The average molecular weight is 270 g/mol. The Kier molecular flexibility index (Phi) is 4.03. The van der Waals surface area contributed by atoms with Crippen LogP contribution in [-0.2, 0) is 11.3 Å². The molecule has 1 aromatic heterocycles. The minimum Gasteiger partial charge on any atom is -0.324 e. The predicted molar refractivity (Wildman–Crippen MR) is 80.0 cm³/mol. The van der Waals surface area contributed by atoms with E-state index in [1.54, 1.807) is 25.3 Å². The van der Waals surface area contributed by atoms with Crippen molar-refractivity contribution in [1.82, 2.24) is 4.57 Å². The average Bonchev–Trinajstić information content (AvgIpc) is 2.38. The molecule has 1 heterocycles. The zero-order valence-corrected chi connectivity index (χ0v) is 11.9. The Morgan fingerprint density at radius 1 is 1.15 bits per heavy atom. The number of hydrogen-bond donors (Lipinski definition) is 1. The second kappa shape index (κ2) is 5.74. The van der Waals surface area contributed by atoms with Crippen LogP contribution >= 0.6 is 0 Å². The molecule has 0 bridgehead atoms. The highest BCUT2D eigenvalue weighted by atomic mass is 16.2. The van der Waals surface area contributed by atoms with Gasteiger partial charge < -0.3 is 9.88 Å². The Bertz CT molecular complexity index is 702. The smallest absolute Gasteiger partial charge is 0.253 e. The summed E-state index contributed by atoms with van der Waals surface area (Å²) >= 11 is 0. The summed E-state index contributed by atoms with van der Waals surface area (Å²) in [6.45, 7) is 5.71. The number of aromatic nitrogens is 1. The third-order valence-corrected chi connectivity index (χ3v) is 3.18. The molecule has 0 saturated heterocycles. The van der Waals surface area contributed by atoms with Gasteiger partial charge in [-0.25, -0.2) is 0 Å². The number of nitrogens with zero attached hydrogens (tertiary/aromatic N) is 1. The first-order valence-corrected chi connectivity index (χ1v) is 6.50. The van der Waals surface area contributed by atoms with E-state index >= 15 is 0 Å². The normalized spacial score (nSPS) is 10.3. The number of nitrogens with one attached hydrogen (secondary N) is 1. The van der Waals surface area contributed by atoms with Gasteiger partial charge in [0.25, 0.3) is 5.56 Å². The van der Waals surface area contributed by atoms with Crippen molar-refractivity contribution in [3.8, 4) is 0 Å². The number of hydrogen-bond acceptors (Lipinski definition) is 2. The summed E-state index contributed by atoms with van der Waals surface area (Å²) in [6, 6.07) is 9.33. The summed E-state index contributed by atoms with van der Waals surface area (Å²) in [6.07, 6.45) is 1.62. The van der Waals surface area contributed by atoms with Crippen molar-refractivity contribution in [3.63, 3.8) is 0 Å². The summed E-state index contributed by atoms with van der Waals surface area (Å²) in [5.41, 5.74) is 3.43. The molecule has 0 unspecified atom stereocenters. The number of rotatable bonds is 3. The minimum atomic E-state index is -0.204. The van der Waals surface area contributed by atoms with E-state index in [2.05, 4.69) is 5.32 Å². The van der Waals surface area contributed by atoms with Crippen molar-refractivity contribution in [3.05, 3.63) is 63.6 Å². The second-order valence-corrected chi connectivity index (χ2v) is 4.99. The SMILES string of the molecule is Cc1ccc(NC(=O)Cn2cccc(C)c2=O)c(C)c1. The molecule has 0 atom stereocenters. The van der Waals surface area contributed by atoms with Crippen LogP contribution in [0.15, 0.2) is 41.3 Å². The largest absolute Gasteiger partial charge is 0.324 e. The highest BCUT2D eigenvalue weighted by Crippen LogP contribution is 2.15. The first-order chi connectivity index (χ1) is 9.47. The van der Waals surface area contributed by atoms with E-state index in [0.717, 1.165) is 16.8 Å². The van der Waals surface area contributed by atoms with Crippen LogP contribution in [0.2, 0.25) is 0 Å². The van der Waals surface area contributed by atoms with Crippen LogP contribution in [0, 0.1) is 20.8 Å². The van der Waals surface area contributed by atoms with Gasteiger partial charge >= 0.3 is 0 Å². The van der Waals surface area contributed by atoms with Crippen LogP contribution in [-0.4, -0.2) is 10.5 Å². The fourth-order valence-electron chi connectivity index (χ4n) is 2.08. The first-order valence-electron chi connectivity index (χ1n) is 6.50. The van der Waals surface area contributed by atoms with Crippen molar-refractivity contribution in [2.45, 2.75) is 27.3 Å². The number of carbonyl (C=O) groups excluding carboxylic acids is 1. The molecule has 104 valence electrons. The third kappa shape index (κ3) is 3.15. The maximum absolute atomic E-state index is 12.0. The number of anilines is 1. The number of benzene rings is 1. The van der Waals surface area contributed by atoms with Gasteiger partial charge in [0, 0.05) is 17.4 Å². The van der Waals surface area contributed by atoms with Crippen LogP contribution in [0.4, 0.5) is 5.69 Å². The maximum Gasteiger partial charge on any atom is 0.253 e. The van der Waals surface area contributed by atoms with Crippen LogP contribution in [0.1, 0.15) is 16.7 Å². The minimum absolute atomic E-state index is 0.0217. The van der Waals surface area contributed by atoms with E-state index in [0.29, 0.717) is 5.56 Å². The van der Waals surface area contributed by atoms with Crippen LogP contribution in [0.5, 0.6) is 0 Å². The highest BCUT2D eigenvalue weighted by molar-refractivity contribution is 5.91. The van der Waals surface area contributed by atoms with Crippen molar-refractivity contribution < 1.29 is 4.79 Å². The summed E-state index contributed by atoms with van der Waals surface area (Å²) in [7, 11) is 0. The van der Waals surface area contributed by atoms with Gasteiger partial charge in [-0.1, -0.05) is 23.8 Å². The lowest BCUT2D eigenvalue weighted by molar-refractivity contribution is -0.116. The van der Waals surface area contributed by atoms with Crippen LogP contribution in [0.3, 0.4) is 0 Å². The third-order valence-electron chi connectivity index (χ3n) is 3.18. The van der Waals surface area contributed by atoms with Crippen molar-refractivity contribution in [1.29, 1.82) is 0 Å². The van der Waals surface area contributed by atoms with E-state index in [9.17, 15) is 9.59 Å². The van der Waals surface area contributed by atoms with Gasteiger partial charge in [0.2, 0.25) is 5.91 Å². The lowest BCUT2D eigenvalue weighted by Gasteiger charge is -2.10. The van der Waals surface area contributed by atoms with Gasteiger partial charge in [0.05, 0.1) is 0 Å². The molecule has 0 radical (unpaired) electrons. The molecule has 2 rings (SSSR count). The van der Waals surface area contributed by atoms with E-state index in [4.69, 9.17) is 0 Å². The zero-order valence-electron chi connectivity index (χ0n) is 11.9. The molecule has 1 amide bonds. The van der Waals surface area contributed by atoms with Gasteiger partial charge in [0.15, 0.2) is 0 Å². The molecule has 1 N–H and O–H groups in total. The van der Waals surface area contributed by atoms with Crippen molar-refractivity contribution in [2.75, 3.05) is 5.32 Å². The van der Waals surface area contributed by atoms with Gasteiger partial charge in [-0.15, -0.1) is 0 Å². The fraction of sp³-hybridized carbons (Fsp3) is 0.250. The molecule has 20 heavy (non-hydrogen) atoms. The summed E-state index contributed by atoms with van der Waals surface area (Å²) in [4.78, 5) is 23.9. The first kappa shape index (κ1) is 14.1. The monoisotopic (exact) mass is 270 g/mol. The molecular weight excluding hydrogens is 252 g/mol. The Hall–Kier alpha value is -2.36. The molecule has 0 aliphatic heterocycles. The summed E-state index contributed by atoms with van der Waals surface area (Å²) in [5.74, 6) is -0.204. The van der Waals surface area contributed by atoms with Gasteiger partial charge in [-0.3, -0.25) is 9.59 Å². The number of amides is 1. The number of carbonyl (C=O) groups is 1. The van der Waals surface area contributed by atoms with E-state index in [1.807, 2.05) is 32.0 Å². The number of aryl methyl sites for hydroxylation is 3. The van der Waals surface area contributed by atoms with Gasteiger partial charge in [-0.2, -0.15) is 0 Å². The van der Waals surface area contributed by atoms with E-state index < -0.39 is 0 Å². The Morgan fingerprint density at radius 3 is 2.60 bits per heavy atom. The Morgan fingerprint density at radius 2 is 1.90 bits per heavy atom. The predicted octanol–water partition coefficient (Wildman–Crippen LogP) is 2.41. The lowest BCUT2D eigenvalue weighted by Crippen LogP contribution is -2.28. The quantitative estimate of drug-likeness (QED) is 0.931. The maximum atomic E-state index is 12.0. The van der Waals surface area contributed by atoms with Gasteiger partial charge in [-0.05, 0) is 38.5 Å². The molecule has 1 aromatic carbocycles. The summed E-state index contributed by atoms with van der Waals surface area (Å²) < 4.78 is 1.41. The second-order valence-electron chi connectivity index (χ2n) is 4.99. The Labute approximate surface area is 118 Å². The summed E-state index contributed by atoms with van der Waals surface area (Å²) in [5, 5.41) is 2.83. The van der Waals surface area contributed by atoms with E-state index in [1.165, 1.54) is 4.57 Å². The molecule has 4 nitrogen and oxygen atoms in total. The molecule has 0 spiro atoms. The standard InChI is InChI=1S/C16H18N2O2/c1-11-6-7-14(13(3)9-11)17-15(19)10-18-8-4-5-12(2)16(18)20/h4-9H,10H2,1-3H3,(H,17,19). The zero-order chi connectivity index (χ0) is 14.7. The molecule has 4 heteroatoms. The molecule has 0 aliphatic rings. The van der Waals surface area contributed by atoms with Crippen LogP contribution in [0.25, 0.3) is 0 Å². The molecule has 2 aromatic rings. The fourth-order valence-corrected chi connectivity index (χ4v) is 2.08.